The summed E-state index contributed by atoms with van der Waals surface area (Å²) in [7, 11) is 1.60. The van der Waals surface area contributed by atoms with Gasteiger partial charge in [0.2, 0.25) is 17.0 Å². The van der Waals surface area contributed by atoms with E-state index in [9.17, 15) is 4.79 Å². The van der Waals surface area contributed by atoms with Crippen LogP contribution in [0.1, 0.15) is 17.8 Å². The monoisotopic (exact) mass is 334 g/mol. The first-order chi connectivity index (χ1) is 11.3. The van der Waals surface area contributed by atoms with Crippen LogP contribution < -0.4 is 10.2 Å². The molecule has 0 aromatic carbocycles. The van der Waals surface area contributed by atoms with Gasteiger partial charge in [-0.25, -0.2) is 9.97 Å². The number of carbonyl (C=O) groups excluding carboxylic acids is 1. The van der Waals surface area contributed by atoms with E-state index in [2.05, 4.69) is 25.5 Å². The average molecular weight is 334 g/mol. The first kappa shape index (κ1) is 15.8. The molecule has 23 heavy (non-hydrogen) atoms. The van der Waals surface area contributed by atoms with Crippen LogP contribution in [0.4, 0.5) is 11.1 Å². The van der Waals surface area contributed by atoms with Crippen molar-refractivity contribution in [1.29, 1.82) is 0 Å². The smallest absolute Gasteiger partial charge is 0.231 e. The summed E-state index contributed by atoms with van der Waals surface area (Å²) in [6, 6.07) is 1.78. The summed E-state index contributed by atoms with van der Waals surface area (Å²) < 4.78 is 5.00. The van der Waals surface area contributed by atoms with Gasteiger partial charge in [0.25, 0.3) is 0 Å². The lowest BCUT2D eigenvalue weighted by Gasteiger charge is -2.31. The number of ether oxygens (including phenoxy) is 1. The van der Waals surface area contributed by atoms with Crippen LogP contribution in [-0.2, 0) is 16.1 Å². The topological polar surface area (TPSA) is 93.1 Å². The fourth-order valence-corrected chi connectivity index (χ4v) is 3.24. The molecule has 0 radical (unpaired) electrons. The Labute approximate surface area is 137 Å². The van der Waals surface area contributed by atoms with E-state index >= 15 is 0 Å². The molecule has 1 fully saturated rings. The van der Waals surface area contributed by atoms with Crippen LogP contribution in [0.25, 0.3) is 0 Å². The number of piperidine rings is 1. The lowest BCUT2D eigenvalue weighted by Crippen LogP contribution is -2.41. The van der Waals surface area contributed by atoms with Gasteiger partial charge in [-0.2, -0.15) is 0 Å². The SMILES string of the molecule is COCc1nnc(NC(=O)C2CCCN(c3ncccn3)C2)s1. The van der Waals surface area contributed by atoms with E-state index in [4.69, 9.17) is 4.74 Å². The van der Waals surface area contributed by atoms with Gasteiger partial charge in [-0.05, 0) is 18.9 Å². The summed E-state index contributed by atoms with van der Waals surface area (Å²) in [5.74, 6) is 0.524. The number of amides is 1. The maximum Gasteiger partial charge on any atom is 0.231 e. The van der Waals surface area contributed by atoms with Gasteiger partial charge in [0.1, 0.15) is 11.6 Å². The summed E-state index contributed by atoms with van der Waals surface area (Å²) in [5, 5.41) is 12.0. The Hall–Kier alpha value is -2.13. The number of hydrogen-bond acceptors (Lipinski definition) is 8. The van der Waals surface area contributed by atoms with E-state index in [1.54, 1.807) is 25.6 Å². The van der Waals surface area contributed by atoms with Gasteiger partial charge in [-0.3, -0.25) is 4.79 Å². The van der Waals surface area contributed by atoms with E-state index in [0.29, 0.717) is 24.2 Å². The number of methoxy groups -OCH3 is 1. The molecule has 1 N–H and O–H groups in total. The molecule has 8 nitrogen and oxygen atoms in total. The summed E-state index contributed by atoms with van der Waals surface area (Å²) in [4.78, 5) is 23.0. The molecular weight excluding hydrogens is 316 g/mol. The van der Waals surface area contributed by atoms with Crippen molar-refractivity contribution >= 4 is 28.3 Å². The van der Waals surface area contributed by atoms with E-state index in [0.717, 1.165) is 24.4 Å². The van der Waals surface area contributed by atoms with Crippen LogP contribution in [0.5, 0.6) is 0 Å². The highest BCUT2D eigenvalue weighted by atomic mass is 32.1. The summed E-state index contributed by atoms with van der Waals surface area (Å²) >= 11 is 1.33. The Morgan fingerprint density at radius 3 is 3.04 bits per heavy atom. The molecule has 0 aliphatic carbocycles. The number of carbonyl (C=O) groups is 1. The van der Waals surface area contributed by atoms with E-state index in [1.165, 1.54) is 11.3 Å². The minimum Gasteiger partial charge on any atom is -0.377 e. The van der Waals surface area contributed by atoms with Crippen LogP contribution >= 0.6 is 11.3 Å². The number of nitrogens with zero attached hydrogens (tertiary/aromatic N) is 5. The third-order valence-corrected chi connectivity index (χ3v) is 4.40. The van der Waals surface area contributed by atoms with Gasteiger partial charge in [0, 0.05) is 32.6 Å². The van der Waals surface area contributed by atoms with Crippen molar-refractivity contribution in [1.82, 2.24) is 20.2 Å². The highest BCUT2D eigenvalue weighted by Gasteiger charge is 2.27. The Morgan fingerprint density at radius 2 is 2.26 bits per heavy atom. The molecule has 3 rings (SSSR count). The second kappa shape index (κ2) is 7.42. The van der Waals surface area contributed by atoms with Crippen molar-refractivity contribution in [3.05, 3.63) is 23.5 Å². The Bertz CT molecular complexity index is 650. The molecule has 1 aliphatic rings. The first-order valence-corrected chi connectivity index (χ1v) is 8.22. The Morgan fingerprint density at radius 1 is 1.43 bits per heavy atom. The van der Waals surface area contributed by atoms with Crippen molar-refractivity contribution in [3.8, 4) is 0 Å². The van der Waals surface area contributed by atoms with Crippen LogP contribution in [0, 0.1) is 5.92 Å². The standard InChI is InChI=1S/C14H18N6O2S/c1-22-9-11-18-19-14(23-11)17-12(21)10-4-2-7-20(8-10)13-15-5-3-6-16-13/h3,5-6,10H,2,4,7-9H2,1H3,(H,17,19,21). The minimum absolute atomic E-state index is 0.0363. The van der Waals surface area contributed by atoms with Crippen molar-refractivity contribution in [2.75, 3.05) is 30.4 Å². The van der Waals surface area contributed by atoms with Crippen LogP contribution in [0.2, 0.25) is 0 Å². The average Bonchev–Trinajstić information content (AvgIpc) is 3.03. The number of hydrogen-bond donors (Lipinski definition) is 1. The van der Waals surface area contributed by atoms with E-state index in [1.807, 2.05) is 4.90 Å². The molecule has 2 aromatic rings. The van der Waals surface area contributed by atoms with E-state index in [-0.39, 0.29) is 11.8 Å². The minimum atomic E-state index is -0.109. The summed E-state index contributed by atoms with van der Waals surface area (Å²) in [6.07, 6.45) is 5.20. The summed E-state index contributed by atoms with van der Waals surface area (Å²) in [5.41, 5.74) is 0. The Kier molecular flexibility index (Phi) is 5.09. The molecule has 0 saturated carbocycles. The van der Waals surface area contributed by atoms with Crippen LogP contribution in [0.3, 0.4) is 0 Å². The molecule has 122 valence electrons. The number of aromatic nitrogens is 4. The van der Waals surface area contributed by atoms with Gasteiger partial charge in [0.05, 0.1) is 5.92 Å². The predicted molar refractivity (Wildman–Crippen MR) is 86.2 cm³/mol. The van der Waals surface area contributed by atoms with Crippen molar-refractivity contribution < 1.29 is 9.53 Å². The van der Waals surface area contributed by atoms with Gasteiger partial charge in [-0.1, -0.05) is 11.3 Å². The zero-order valence-corrected chi connectivity index (χ0v) is 13.6. The Balaban J connectivity index is 1.60. The lowest BCUT2D eigenvalue weighted by atomic mass is 9.97. The van der Waals surface area contributed by atoms with Crippen LogP contribution in [0.15, 0.2) is 18.5 Å². The van der Waals surface area contributed by atoms with Crippen molar-refractivity contribution in [3.63, 3.8) is 0 Å². The summed E-state index contributed by atoms with van der Waals surface area (Å²) in [6.45, 7) is 1.88. The van der Waals surface area contributed by atoms with Crippen molar-refractivity contribution in [2.45, 2.75) is 19.4 Å². The first-order valence-electron chi connectivity index (χ1n) is 7.40. The molecule has 1 unspecified atom stereocenters. The van der Waals surface area contributed by atoms with Gasteiger partial charge in [-0.15, -0.1) is 10.2 Å². The maximum absolute atomic E-state index is 12.4. The van der Waals surface area contributed by atoms with Gasteiger partial charge < -0.3 is 15.0 Å². The lowest BCUT2D eigenvalue weighted by molar-refractivity contribution is -0.120. The molecule has 1 aliphatic heterocycles. The third kappa shape index (κ3) is 3.99. The number of rotatable bonds is 5. The third-order valence-electron chi connectivity index (χ3n) is 3.59. The molecule has 3 heterocycles. The molecule has 1 amide bonds. The fourth-order valence-electron chi connectivity index (χ4n) is 2.52. The zero-order valence-electron chi connectivity index (χ0n) is 12.8. The second-order valence-corrected chi connectivity index (χ2v) is 6.32. The highest BCUT2D eigenvalue weighted by Crippen LogP contribution is 2.22. The molecular formula is C14H18N6O2S. The van der Waals surface area contributed by atoms with Gasteiger partial charge in [0.15, 0.2) is 0 Å². The molecule has 0 bridgehead atoms. The second-order valence-electron chi connectivity index (χ2n) is 5.26. The highest BCUT2D eigenvalue weighted by molar-refractivity contribution is 7.15. The normalized spacial score (nSPS) is 18.0. The van der Waals surface area contributed by atoms with E-state index < -0.39 is 0 Å². The number of nitrogens with one attached hydrogen (secondary N) is 1. The largest absolute Gasteiger partial charge is 0.377 e. The van der Waals surface area contributed by atoms with Crippen molar-refractivity contribution in [2.24, 2.45) is 5.92 Å². The molecule has 0 spiro atoms. The quantitative estimate of drug-likeness (QED) is 0.881. The maximum atomic E-state index is 12.4. The predicted octanol–water partition coefficient (Wildman–Crippen LogP) is 1.33. The molecule has 1 saturated heterocycles. The fraction of sp³-hybridized carbons (Fsp3) is 0.500. The zero-order chi connectivity index (χ0) is 16.1. The van der Waals surface area contributed by atoms with Crippen LogP contribution in [-0.4, -0.2) is 46.3 Å². The molecule has 1 atom stereocenters. The van der Waals surface area contributed by atoms with Gasteiger partial charge >= 0.3 is 0 Å². The molecule has 9 heteroatoms. The number of anilines is 2. The molecule has 2 aromatic heterocycles.